The minimum atomic E-state index is -0.0579. The van der Waals surface area contributed by atoms with Crippen molar-refractivity contribution in [1.82, 2.24) is 14.6 Å². The largest absolute Gasteiger partial charge is 0.325 e. The van der Waals surface area contributed by atoms with Crippen molar-refractivity contribution in [2.45, 2.75) is 25.4 Å². The van der Waals surface area contributed by atoms with Gasteiger partial charge in [-0.05, 0) is 48.7 Å². The second kappa shape index (κ2) is 7.40. The van der Waals surface area contributed by atoms with Gasteiger partial charge in [0.25, 0.3) is 0 Å². The van der Waals surface area contributed by atoms with Gasteiger partial charge in [-0.25, -0.2) is 0 Å². The van der Waals surface area contributed by atoms with E-state index in [1.165, 1.54) is 17.3 Å². The van der Waals surface area contributed by atoms with Crippen molar-refractivity contribution in [3.63, 3.8) is 0 Å². The molecular weight excluding hydrogens is 356 g/mol. The molecule has 0 aliphatic heterocycles. The molecule has 4 rings (SSSR count). The molecule has 0 fully saturated rings. The van der Waals surface area contributed by atoms with Crippen LogP contribution in [-0.2, 0) is 11.2 Å². The Labute approximate surface area is 161 Å². The number of hydrogen-bond donors (Lipinski definition) is 1. The minimum Gasteiger partial charge on any atom is -0.325 e. The third kappa shape index (κ3) is 3.53. The number of fused-ring (bicyclic) bond motifs is 3. The van der Waals surface area contributed by atoms with Crippen LogP contribution in [-0.4, -0.2) is 26.3 Å². The summed E-state index contributed by atoms with van der Waals surface area (Å²) in [5.41, 5.74) is 5.07. The maximum atomic E-state index is 12.3. The van der Waals surface area contributed by atoms with Gasteiger partial charge < -0.3 is 5.32 Å². The quantitative estimate of drug-likeness (QED) is 0.522. The van der Waals surface area contributed by atoms with Crippen molar-refractivity contribution in [3.8, 4) is 0 Å². The number of para-hydroxylation sites is 1. The molecule has 0 bridgehead atoms. The average molecular weight is 376 g/mol. The standard InChI is InChI=1S/C21H20N4OS/c1-3-15-8-10-16(11-9-15)22-20(26)13-27-21-24-23-19-12-14(2)17-6-4-5-7-18(17)25(19)21/h4-12H,3,13H2,1-2H3,(H,22,26). The van der Waals surface area contributed by atoms with Gasteiger partial charge in [-0.2, -0.15) is 0 Å². The van der Waals surface area contributed by atoms with Gasteiger partial charge >= 0.3 is 0 Å². The number of anilines is 1. The van der Waals surface area contributed by atoms with Crippen molar-refractivity contribution in [1.29, 1.82) is 0 Å². The lowest BCUT2D eigenvalue weighted by atomic mass is 10.1. The molecule has 1 amide bonds. The molecule has 0 saturated heterocycles. The molecule has 0 spiro atoms. The highest BCUT2D eigenvalue weighted by Gasteiger charge is 2.13. The smallest absolute Gasteiger partial charge is 0.234 e. The summed E-state index contributed by atoms with van der Waals surface area (Å²) in [6.45, 7) is 4.18. The number of benzene rings is 2. The van der Waals surface area contributed by atoms with E-state index in [0.29, 0.717) is 0 Å². The number of thioether (sulfide) groups is 1. The van der Waals surface area contributed by atoms with Crippen molar-refractivity contribution in [2.24, 2.45) is 0 Å². The van der Waals surface area contributed by atoms with Crippen LogP contribution in [0.5, 0.6) is 0 Å². The Morgan fingerprint density at radius 1 is 1.11 bits per heavy atom. The predicted molar refractivity (Wildman–Crippen MR) is 110 cm³/mol. The fourth-order valence-corrected chi connectivity index (χ4v) is 3.87. The Bertz CT molecular complexity index is 1120. The van der Waals surface area contributed by atoms with Gasteiger partial charge in [0.15, 0.2) is 10.8 Å². The lowest BCUT2D eigenvalue weighted by Crippen LogP contribution is -2.14. The minimum absolute atomic E-state index is 0.0579. The van der Waals surface area contributed by atoms with E-state index in [0.717, 1.165) is 39.4 Å². The molecule has 2 aromatic carbocycles. The summed E-state index contributed by atoms with van der Waals surface area (Å²) >= 11 is 1.39. The van der Waals surface area contributed by atoms with E-state index in [9.17, 15) is 4.79 Å². The first kappa shape index (κ1) is 17.5. The number of hydrogen-bond acceptors (Lipinski definition) is 4. The van der Waals surface area contributed by atoms with E-state index in [1.807, 2.05) is 46.9 Å². The fraction of sp³-hybridized carbons (Fsp3) is 0.190. The Kier molecular flexibility index (Phi) is 4.81. The summed E-state index contributed by atoms with van der Waals surface area (Å²) in [6, 6.07) is 18.1. The zero-order valence-corrected chi connectivity index (χ0v) is 16.1. The number of pyridine rings is 1. The average Bonchev–Trinajstić information content (AvgIpc) is 3.10. The number of carbonyl (C=O) groups excluding carboxylic acids is 1. The number of nitrogens with one attached hydrogen (secondary N) is 1. The number of aryl methyl sites for hydroxylation is 2. The maximum absolute atomic E-state index is 12.3. The highest BCUT2D eigenvalue weighted by Crippen LogP contribution is 2.25. The van der Waals surface area contributed by atoms with Crippen molar-refractivity contribution >= 4 is 39.9 Å². The molecule has 0 atom stereocenters. The Morgan fingerprint density at radius 3 is 2.67 bits per heavy atom. The molecule has 27 heavy (non-hydrogen) atoms. The van der Waals surface area contributed by atoms with Crippen LogP contribution in [0.1, 0.15) is 18.1 Å². The van der Waals surface area contributed by atoms with E-state index < -0.39 is 0 Å². The van der Waals surface area contributed by atoms with E-state index in [-0.39, 0.29) is 11.7 Å². The second-order valence-corrected chi connectivity index (χ2v) is 7.35. The molecule has 0 radical (unpaired) electrons. The third-order valence-electron chi connectivity index (χ3n) is 4.55. The number of amides is 1. The van der Waals surface area contributed by atoms with Gasteiger partial charge in [-0.15, -0.1) is 10.2 Å². The molecular formula is C21H20N4OS. The highest BCUT2D eigenvalue weighted by molar-refractivity contribution is 7.99. The van der Waals surface area contributed by atoms with Crippen molar-refractivity contribution in [2.75, 3.05) is 11.1 Å². The highest BCUT2D eigenvalue weighted by atomic mass is 32.2. The topological polar surface area (TPSA) is 59.3 Å². The predicted octanol–water partition coefficient (Wildman–Crippen LogP) is 4.48. The number of nitrogens with zero attached hydrogens (tertiary/aromatic N) is 3. The molecule has 136 valence electrons. The molecule has 4 aromatic rings. The van der Waals surface area contributed by atoms with Gasteiger partial charge in [-0.3, -0.25) is 9.20 Å². The zero-order valence-electron chi connectivity index (χ0n) is 15.3. The first-order chi connectivity index (χ1) is 13.2. The molecule has 5 nitrogen and oxygen atoms in total. The number of aromatic nitrogens is 3. The molecule has 2 heterocycles. The van der Waals surface area contributed by atoms with Gasteiger partial charge in [-0.1, -0.05) is 49.0 Å². The SMILES string of the molecule is CCc1ccc(NC(=O)CSc2nnc3cc(C)c4ccccc4n23)cc1. The second-order valence-electron chi connectivity index (χ2n) is 6.41. The molecule has 0 unspecified atom stereocenters. The van der Waals surface area contributed by atoms with Crippen LogP contribution in [0.25, 0.3) is 16.6 Å². The van der Waals surface area contributed by atoms with Gasteiger partial charge in [0, 0.05) is 11.1 Å². The monoisotopic (exact) mass is 376 g/mol. The summed E-state index contributed by atoms with van der Waals surface area (Å²) in [5.74, 6) is 0.218. The van der Waals surface area contributed by atoms with E-state index in [4.69, 9.17) is 0 Å². The Balaban J connectivity index is 1.53. The summed E-state index contributed by atoms with van der Waals surface area (Å²) in [5, 5.41) is 13.4. The van der Waals surface area contributed by atoms with E-state index in [2.05, 4.69) is 41.5 Å². The normalized spacial score (nSPS) is 11.2. The fourth-order valence-electron chi connectivity index (χ4n) is 3.12. The summed E-state index contributed by atoms with van der Waals surface area (Å²) in [7, 11) is 0. The van der Waals surface area contributed by atoms with Crippen LogP contribution in [0.4, 0.5) is 5.69 Å². The molecule has 0 saturated carbocycles. The van der Waals surface area contributed by atoms with Crippen LogP contribution in [0.3, 0.4) is 0 Å². The summed E-state index contributed by atoms with van der Waals surface area (Å²) in [6.07, 6.45) is 0.984. The van der Waals surface area contributed by atoms with Gasteiger partial charge in [0.1, 0.15) is 0 Å². The van der Waals surface area contributed by atoms with Crippen molar-refractivity contribution < 1.29 is 4.79 Å². The molecule has 0 aliphatic carbocycles. The lowest BCUT2D eigenvalue weighted by Gasteiger charge is -2.08. The lowest BCUT2D eigenvalue weighted by molar-refractivity contribution is -0.113. The van der Waals surface area contributed by atoms with Crippen LogP contribution < -0.4 is 5.32 Å². The molecule has 0 aliphatic rings. The summed E-state index contributed by atoms with van der Waals surface area (Å²) < 4.78 is 2.01. The maximum Gasteiger partial charge on any atom is 0.234 e. The first-order valence-electron chi connectivity index (χ1n) is 8.91. The zero-order chi connectivity index (χ0) is 18.8. The van der Waals surface area contributed by atoms with Crippen molar-refractivity contribution in [3.05, 3.63) is 65.7 Å². The first-order valence-corrected chi connectivity index (χ1v) is 9.89. The van der Waals surface area contributed by atoms with E-state index in [1.54, 1.807) is 0 Å². The van der Waals surface area contributed by atoms with Crippen LogP contribution in [0.2, 0.25) is 0 Å². The van der Waals surface area contributed by atoms with Crippen LogP contribution in [0.15, 0.2) is 59.8 Å². The van der Waals surface area contributed by atoms with Gasteiger partial charge in [0.2, 0.25) is 5.91 Å². The third-order valence-corrected chi connectivity index (χ3v) is 5.48. The van der Waals surface area contributed by atoms with Crippen LogP contribution >= 0.6 is 11.8 Å². The molecule has 2 aromatic heterocycles. The van der Waals surface area contributed by atoms with E-state index >= 15 is 0 Å². The van der Waals surface area contributed by atoms with Crippen LogP contribution in [0, 0.1) is 6.92 Å². The summed E-state index contributed by atoms with van der Waals surface area (Å²) in [4.78, 5) is 12.3. The number of carbonyl (C=O) groups is 1. The Hall–Kier alpha value is -2.86. The molecule has 6 heteroatoms. The Morgan fingerprint density at radius 2 is 1.89 bits per heavy atom. The number of rotatable bonds is 5. The van der Waals surface area contributed by atoms with Gasteiger partial charge in [0.05, 0.1) is 11.3 Å². The molecule has 1 N–H and O–H groups in total.